The van der Waals surface area contributed by atoms with Gasteiger partial charge in [-0.3, -0.25) is 4.21 Å². The van der Waals surface area contributed by atoms with Gasteiger partial charge in [-0.25, -0.2) is 4.98 Å². The molecule has 0 aliphatic rings. The van der Waals surface area contributed by atoms with Crippen molar-refractivity contribution in [1.29, 1.82) is 0 Å². The number of aromatic nitrogens is 2. The molecule has 0 spiro atoms. The number of hydrogen-bond donors (Lipinski definition) is 1. The SMILES string of the molecule is Cc1nccn1CCS(=O)c1ccccc1N. The Kier molecular flexibility index (Phi) is 3.58. The second-order valence-corrected chi connectivity index (χ2v) is 5.29. The standard InChI is InChI=1S/C12H15N3OS/c1-10-14-6-7-15(10)8-9-17(16)12-5-3-2-4-11(12)13/h2-7H,8-9,13H2,1H3. The molecule has 1 aromatic carbocycles. The van der Waals surface area contributed by atoms with E-state index in [0.29, 0.717) is 22.9 Å². The number of imidazole rings is 1. The summed E-state index contributed by atoms with van der Waals surface area (Å²) < 4.78 is 14.1. The highest BCUT2D eigenvalue weighted by molar-refractivity contribution is 7.85. The summed E-state index contributed by atoms with van der Waals surface area (Å²) in [6.07, 6.45) is 3.63. The molecule has 2 N–H and O–H groups in total. The Morgan fingerprint density at radius 1 is 1.41 bits per heavy atom. The van der Waals surface area contributed by atoms with Crippen LogP contribution in [0.25, 0.3) is 0 Å². The fourth-order valence-electron chi connectivity index (χ4n) is 1.62. The largest absolute Gasteiger partial charge is 0.398 e. The Balaban J connectivity index is 2.04. The van der Waals surface area contributed by atoms with Crippen molar-refractivity contribution in [3.05, 3.63) is 42.5 Å². The van der Waals surface area contributed by atoms with E-state index in [4.69, 9.17) is 5.73 Å². The van der Waals surface area contributed by atoms with Gasteiger partial charge in [0.15, 0.2) is 0 Å². The Morgan fingerprint density at radius 3 is 2.82 bits per heavy atom. The van der Waals surface area contributed by atoms with E-state index >= 15 is 0 Å². The molecule has 1 atom stereocenters. The summed E-state index contributed by atoms with van der Waals surface area (Å²) in [6.45, 7) is 2.62. The van der Waals surface area contributed by atoms with E-state index < -0.39 is 10.8 Å². The van der Waals surface area contributed by atoms with E-state index in [1.54, 1.807) is 12.3 Å². The van der Waals surface area contributed by atoms with Crippen molar-refractivity contribution < 1.29 is 4.21 Å². The van der Waals surface area contributed by atoms with E-state index in [9.17, 15) is 4.21 Å². The fraction of sp³-hybridized carbons (Fsp3) is 0.250. The molecule has 1 unspecified atom stereocenters. The number of rotatable bonds is 4. The van der Waals surface area contributed by atoms with Crippen molar-refractivity contribution in [2.24, 2.45) is 0 Å². The van der Waals surface area contributed by atoms with Gasteiger partial charge in [-0.15, -0.1) is 0 Å². The van der Waals surface area contributed by atoms with Crippen LogP contribution in [0, 0.1) is 6.92 Å². The average molecular weight is 249 g/mol. The molecule has 0 fully saturated rings. The van der Waals surface area contributed by atoms with E-state index in [1.165, 1.54) is 0 Å². The van der Waals surface area contributed by atoms with E-state index in [-0.39, 0.29) is 0 Å². The molecule has 0 radical (unpaired) electrons. The molecule has 0 amide bonds. The van der Waals surface area contributed by atoms with Gasteiger partial charge in [0.2, 0.25) is 0 Å². The number of nitrogen functional groups attached to an aromatic ring is 1. The van der Waals surface area contributed by atoms with Gasteiger partial charge in [0, 0.05) is 30.4 Å². The number of nitrogens with zero attached hydrogens (tertiary/aromatic N) is 2. The average Bonchev–Trinajstić information content (AvgIpc) is 2.72. The predicted octanol–water partition coefficient (Wildman–Crippen LogP) is 1.58. The van der Waals surface area contributed by atoms with Crippen LogP contribution < -0.4 is 5.73 Å². The fourth-order valence-corrected chi connectivity index (χ4v) is 2.76. The Bertz CT molecular complexity index is 536. The molecular weight excluding hydrogens is 234 g/mol. The highest BCUT2D eigenvalue weighted by Crippen LogP contribution is 2.15. The first-order chi connectivity index (χ1) is 8.18. The summed E-state index contributed by atoms with van der Waals surface area (Å²) >= 11 is 0. The zero-order chi connectivity index (χ0) is 12.3. The molecule has 4 nitrogen and oxygen atoms in total. The lowest BCUT2D eigenvalue weighted by atomic mass is 10.3. The molecule has 0 saturated heterocycles. The summed E-state index contributed by atoms with van der Waals surface area (Å²) in [5.74, 6) is 1.48. The van der Waals surface area contributed by atoms with Gasteiger partial charge < -0.3 is 10.3 Å². The third-order valence-corrected chi connectivity index (χ3v) is 4.02. The van der Waals surface area contributed by atoms with Crippen molar-refractivity contribution in [3.8, 4) is 0 Å². The monoisotopic (exact) mass is 249 g/mol. The first kappa shape index (κ1) is 11.9. The van der Waals surface area contributed by atoms with Crippen LogP contribution in [0.3, 0.4) is 0 Å². The second kappa shape index (κ2) is 5.14. The maximum absolute atomic E-state index is 12.1. The van der Waals surface area contributed by atoms with Gasteiger partial charge in [0.25, 0.3) is 0 Å². The van der Waals surface area contributed by atoms with Gasteiger partial charge >= 0.3 is 0 Å². The molecule has 17 heavy (non-hydrogen) atoms. The molecular formula is C12H15N3OS. The van der Waals surface area contributed by atoms with Crippen LogP contribution >= 0.6 is 0 Å². The van der Waals surface area contributed by atoms with Crippen molar-refractivity contribution >= 4 is 16.5 Å². The molecule has 0 saturated carbocycles. The van der Waals surface area contributed by atoms with Crippen LogP contribution in [-0.2, 0) is 17.3 Å². The zero-order valence-electron chi connectivity index (χ0n) is 9.67. The Labute approximate surface area is 103 Å². The maximum Gasteiger partial charge on any atom is 0.105 e. The highest BCUT2D eigenvalue weighted by atomic mass is 32.2. The van der Waals surface area contributed by atoms with Gasteiger partial charge in [-0.05, 0) is 19.1 Å². The lowest BCUT2D eigenvalue weighted by Crippen LogP contribution is -2.09. The number of aryl methyl sites for hydroxylation is 2. The van der Waals surface area contributed by atoms with Crippen LogP contribution in [0.5, 0.6) is 0 Å². The van der Waals surface area contributed by atoms with Crippen molar-refractivity contribution in [2.75, 3.05) is 11.5 Å². The Morgan fingerprint density at radius 2 is 2.18 bits per heavy atom. The number of benzene rings is 1. The van der Waals surface area contributed by atoms with Gasteiger partial charge in [-0.2, -0.15) is 0 Å². The molecule has 5 heteroatoms. The van der Waals surface area contributed by atoms with Crippen molar-refractivity contribution in [2.45, 2.75) is 18.4 Å². The van der Waals surface area contributed by atoms with E-state index in [2.05, 4.69) is 4.98 Å². The van der Waals surface area contributed by atoms with Gasteiger partial charge in [-0.1, -0.05) is 12.1 Å². The zero-order valence-corrected chi connectivity index (χ0v) is 10.5. The van der Waals surface area contributed by atoms with Gasteiger partial charge in [0.1, 0.15) is 5.82 Å². The molecule has 90 valence electrons. The lowest BCUT2D eigenvalue weighted by Gasteiger charge is -2.07. The summed E-state index contributed by atoms with van der Waals surface area (Å²) in [6, 6.07) is 7.28. The first-order valence-electron chi connectivity index (χ1n) is 5.39. The smallest absolute Gasteiger partial charge is 0.105 e. The van der Waals surface area contributed by atoms with Crippen LogP contribution in [0.1, 0.15) is 5.82 Å². The summed E-state index contributed by atoms with van der Waals surface area (Å²) in [4.78, 5) is 4.84. The van der Waals surface area contributed by atoms with Crippen molar-refractivity contribution in [3.63, 3.8) is 0 Å². The van der Waals surface area contributed by atoms with Crippen molar-refractivity contribution in [1.82, 2.24) is 9.55 Å². The first-order valence-corrected chi connectivity index (χ1v) is 6.71. The number of hydrogen-bond acceptors (Lipinski definition) is 3. The topological polar surface area (TPSA) is 60.9 Å². The lowest BCUT2D eigenvalue weighted by molar-refractivity contribution is 0.670. The molecule has 2 rings (SSSR count). The molecule has 1 heterocycles. The maximum atomic E-state index is 12.1. The van der Waals surface area contributed by atoms with Gasteiger partial charge in [0.05, 0.1) is 15.7 Å². The third kappa shape index (κ3) is 2.74. The molecule has 2 aromatic rings. The minimum Gasteiger partial charge on any atom is -0.398 e. The number of para-hydroxylation sites is 1. The summed E-state index contributed by atoms with van der Waals surface area (Å²) in [5.41, 5.74) is 6.38. The predicted molar refractivity (Wildman–Crippen MR) is 69.1 cm³/mol. The Hall–Kier alpha value is -1.62. The third-order valence-electron chi connectivity index (χ3n) is 2.61. The van der Waals surface area contributed by atoms with E-state index in [0.717, 1.165) is 5.82 Å². The summed E-state index contributed by atoms with van der Waals surface area (Å²) in [7, 11) is -1.06. The number of nitrogens with two attached hydrogens (primary N) is 1. The second-order valence-electron chi connectivity index (χ2n) is 3.76. The van der Waals surface area contributed by atoms with Crippen LogP contribution in [0.4, 0.5) is 5.69 Å². The summed E-state index contributed by atoms with van der Waals surface area (Å²) in [5, 5.41) is 0. The van der Waals surface area contributed by atoms with Crippen LogP contribution in [0.15, 0.2) is 41.6 Å². The number of anilines is 1. The quantitative estimate of drug-likeness (QED) is 0.837. The minimum atomic E-state index is -1.06. The van der Waals surface area contributed by atoms with E-state index in [1.807, 2.05) is 35.9 Å². The molecule has 0 bridgehead atoms. The highest BCUT2D eigenvalue weighted by Gasteiger charge is 2.07. The normalized spacial score (nSPS) is 12.5. The minimum absolute atomic E-state index is 0.547. The molecule has 0 aliphatic heterocycles. The molecule has 1 aromatic heterocycles. The molecule has 0 aliphatic carbocycles. The van der Waals surface area contributed by atoms with Crippen LogP contribution in [0.2, 0.25) is 0 Å². The van der Waals surface area contributed by atoms with Crippen LogP contribution in [-0.4, -0.2) is 19.5 Å².